The van der Waals surface area contributed by atoms with E-state index in [9.17, 15) is 30.8 Å². The zero-order chi connectivity index (χ0) is 16.6. The molecule has 1 aromatic carbocycles. The topological polar surface area (TPSA) is 80.5 Å². The van der Waals surface area contributed by atoms with Crippen molar-refractivity contribution >= 4 is 31.9 Å². The number of hydrogen-bond donors (Lipinski definition) is 1. The van der Waals surface area contributed by atoms with Crippen LogP contribution in [0.25, 0.3) is 0 Å². The van der Waals surface area contributed by atoms with Gasteiger partial charge in [0, 0.05) is 11.5 Å². The highest BCUT2D eigenvalue weighted by molar-refractivity contribution is 9.10. The summed E-state index contributed by atoms with van der Waals surface area (Å²) in [5.74, 6) is -2.36. The predicted octanol–water partition coefficient (Wildman–Crippen LogP) is 1.87. The van der Waals surface area contributed by atoms with E-state index in [1.165, 1.54) is 0 Å². The van der Waals surface area contributed by atoms with E-state index in [1.807, 2.05) is 0 Å². The van der Waals surface area contributed by atoms with Crippen molar-refractivity contribution in [2.75, 3.05) is 13.6 Å². The van der Waals surface area contributed by atoms with Gasteiger partial charge in [0.1, 0.15) is 17.3 Å². The first kappa shape index (κ1) is 17.9. The summed E-state index contributed by atoms with van der Waals surface area (Å²) in [5.41, 5.74) is -0.452. The zero-order valence-corrected chi connectivity index (χ0v) is 12.8. The Morgan fingerprint density at radius 1 is 1.38 bits per heavy atom. The molecule has 0 atom stereocenters. The predicted molar refractivity (Wildman–Crippen MR) is 68.5 cm³/mol. The van der Waals surface area contributed by atoms with Gasteiger partial charge in [-0.05, 0) is 28.1 Å². The average Bonchev–Trinajstić information content (AvgIpc) is 2.23. The number of nitrogens with two attached hydrogens (primary N) is 1. The summed E-state index contributed by atoms with van der Waals surface area (Å²) < 4.78 is 72.3. The van der Waals surface area contributed by atoms with Crippen molar-refractivity contribution in [3.63, 3.8) is 0 Å². The van der Waals surface area contributed by atoms with Crippen molar-refractivity contribution in [1.29, 1.82) is 0 Å². The van der Waals surface area contributed by atoms with E-state index in [1.54, 1.807) is 0 Å². The number of rotatable bonds is 3. The van der Waals surface area contributed by atoms with E-state index in [2.05, 4.69) is 15.9 Å². The largest absolute Gasteiger partial charge is 0.406 e. The van der Waals surface area contributed by atoms with Gasteiger partial charge in [0.05, 0.1) is 5.56 Å². The molecule has 118 valence electrons. The first-order valence-corrected chi connectivity index (χ1v) is 7.51. The monoisotopic (exact) mass is 392 g/mol. The van der Waals surface area contributed by atoms with E-state index >= 15 is 0 Å². The number of sulfonamides is 1. The van der Waals surface area contributed by atoms with Gasteiger partial charge in [-0.25, -0.2) is 17.9 Å². The number of halogens is 5. The smallest absolute Gasteiger partial charge is 0.333 e. The third-order valence-corrected chi connectivity index (χ3v) is 3.90. The number of primary sulfonamides is 1. The van der Waals surface area contributed by atoms with Gasteiger partial charge in [0.25, 0.3) is 5.91 Å². The number of amides is 1. The molecule has 0 saturated carbocycles. The molecule has 0 bridgehead atoms. The standard InChI is InChI=1S/C10H9BrF4N2O3S/c1-17(4-10(13,14)15)9(18)5-2-8(21(16,19)20)7(12)3-6(5)11/h2-3H,4H2,1H3,(H2,16,19,20). The van der Waals surface area contributed by atoms with Crippen molar-refractivity contribution in [3.05, 3.63) is 28.0 Å². The average molecular weight is 393 g/mol. The summed E-state index contributed by atoms with van der Waals surface area (Å²) in [6.45, 7) is -1.54. The van der Waals surface area contributed by atoms with Crippen LogP contribution in [0.5, 0.6) is 0 Å². The summed E-state index contributed by atoms with van der Waals surface area (Å²) in [6.07, 6.45) is -4.63. The molecule has 0 aliphatic rings. The number of carbonyl (C=O) groups excluding carboxylic acids is 1. The fraction of sp³-hybridized carbons (Fsp3) is 0.300. The lowest BCUT2D eigenvalue weighted by Crippen LogP contribution is -2.36. The maximum Gasteiger partial charge on any atom is 0.406 e. The van der Waals surface area contributed by atoms with Gasteiger partial charge >= 0.3 is 6.18 Å². The Bertz CT molecular complexity index is 676. The van der Waals surface area contributed by atoms with Crippen LogP contribution in [-0.2, 0) is 10.0 Å². The van der Waals surface area contributed by atoms with Crippen LogP contribution in [0, 0.1) is 5.82 Å². The third kappa shape index (κ3) is 4.64. The molecule has 5 nitrogen and oxygen atoms in total. The lowest BCUT2D eigenvalue weighted by molar-refractivity contribution is -0.138. The van der Waals surface area contributed by atoms with Crippen LogP contribution in [0.2, 0.25) is 0 Å². The Labute approximate surface area is 125 Å². The molecule has 0 aliphatic heterocycles. The number of nitrogens with zero attached hydrogens (tertiary/aromatic N) is 1. The molecule has 0 radical (unpaired) electrons. The molecular formula is C10H9BrF4N2O3S. The molecule has 1 aromatic rings. The van der Waals surface area contributed by atoms with Crippen LogP contribution in [0.1, 0.15) is 10.4 Å². The second kappa shape index (κ2) is 5.89. The highest BCUT2D eigenvalue weighted by Crippen LogP contribution is 2.26. The van der Waals surface area contributed by atoms with E-state index in [0.717, 1.165) is 7.05 Å². The lowest BCUT2D eigenvalue weighted by Gasteiger charge is -2.20. The fourth-order valence-corrected chi connectivity index (χ4v) is 2.56. The van der Waals surface area contributed by atoms with E-state index in [0.29, 0.717) is 17.0 Å². The number of carbonyl (C=O) groups is 1. The minimum atomic E-state index is -4.63. The molecule has 0 aliphatic carbocycles. The molecule has 1 rings (SSSR count). The first-order chi connectivity index (χ1) is 9.33. The maximum absolute atomic E-state index is 13.5. The van der Waals surface area contributed by atoms with Crippen molar-refractivity contribution in [1.82, 2.24) is 4.90 Å². The van der Waals surface area contributed by atoms with Crippen LogP contribution in [0.3, 0.4) is 0 Å². The van der Waals surface area contributed by atoms with Gasteiger partial charge in [0.2, 0.25) is 10.0 Å². The molecule has 0 heterocycles. The lowest BCUT2D eigenvalue weighted by atomic mass is 10.2. The number of benzene rings is 1. The normalized spacial score (nSPS) is 12.3. The van der Waals surface area contributed by atoms with Crippen molar-refractivity contribution in [3.8, 4) is 0 Å². The quantitative estimate of drug-likeness (QED) is 0.797. The second-order valence-corrected chi connectivity index (χ2v) is 6.47. The summed E-state index contributed by atoms with van der Waals surface area (Å²) in [7, 11) is -3.58. The molecule has 0 aromatic heterocycles. The molecule has 2 N–H and O–H groups in total. The molecule has 11 heteroatoms. The van der Waals surface area contributed by atoms with Gasteiger partial charge in [-0.15, -0.1) is 0 Å². The zero-order valence-electron chi connectivity index (χ0n) is 10.4. The Morgan fingerprint density at radius 3 is 2.33 bits per heavy atom. The highest BCUT2D eigenvalue weighted by atomic mass is 79.9. The molecule has 0 saturated heterocycles. The third-order valence-electron chi connectivity index (χ3n) is 2.32. The van der Waals surface area contributed by atoms with Gasteiger partial charge < -0.3 is 4.90 Å². The summed E-state index contributed by atoms with van der Waals surface area (Å²) in [5, 5.41) is 4.77. The molecule has 0 fully saturated rings. The maximum atomic E-state index is 13.5. The molecule has 0 spiro atoms. The Balaban J connectivity index is 3.28. The molecule has 21 heavy (non-hydrogen) atoms. The minimum Gasteiger partial charge on any atom is -0.333 e. The molecular weight excluding hydrogens is 384 g/mol. The van der Waals surface area contributed by atoms with Gasteiger partial charge in [-0.1, -0.05) is 0 Å². The number of alkyl halides is 3. The van der Waals surface area contributed by atoms with Crippen LogP contribution in [0.4, 0.5) is 17.6 Å². The van der Waals surface area contributed by atoms with Crippen LogP contribution >= 0.6 is 15.9 Å². The van der Waals surface area contributed by atoms with Gasteiger partial charge in [-0.2, -0.15) is 13.2 Å². The molecule has 1 amide bonds. The Hall–Kier alpha value is -1.20. The Morgan fingerprint density at radius 2 is 1.90 bits per heavy atom. The van der Waals surface area contributed by atoms with Crippen molar-refractivity contribution in [2.24, 2.45) is 5.14 Å². The van der Waals surface area contributed by atoms with Crippen molar-refractivity contribution in [2.45, 2.75) is 11.1 Å². The summed E-state index contributed by atoms with van der Waals surface area (Å²) in [4.78, 5) is 11.2. The highest BCUT2D eigenvalue weighted by Gasteiger charge is 2.32. The van der Waals surface area contributed by atoms with E-state index in [-0.39, 0.29) is 4.47 Å². The van der Waals surface area contributed by atoms with Crippen LogP contribution < -0.4 is 5.14 Å². The number of hydrogen-bond acceptors (Lipinski definition) is 3. The SMILES string of the molecule is CN(CC(F)(F)F)C(=O)c1cc(S(N)(=O)=O)c(F)cc1Br. The Kier molecular flexibility index (Phi) is 5.01. The summed E-state index contributed by atoms with van der Waals surface area (Å²) >= 11 is 2.79. The van der Waals surface area contributed by atoms with Crippen LogP contribution in [-0.4, -0.2) is 39.0 Å². The minimum absolute atomic E-state index is 0.188. The summed E-state index contributed by atoms with van der Waals surface area (Å²) in [6, 6.07) is 1.23. The second-order valence-electron chi connectivity index (χ2n) is 4.08. The fourth-order valence-electron chi connectivity index (χ4n) is 1.46. The van der Waals surface area contributed by atoms with E-state index < -0.39 is 44.9 Å². The molecule has 0 unspecified atom stereocenters. The van der Waals surface area contributed by atoms with Gasteiger partial charge in [0.15, 0.2) is 0 Å². The van der Waals surface area contributed by atoms with Crippen molar-refractivity contribution < 1.29 is 30.8 Å². The van der Waals surface area contributed by atoms with E-state index in [4.69, 9.17) is 5.14 Å². The van der Waals surface area contributed by atoms with Crippen LogP contribution in [0.15, 0.2) is 21.5 Å². The van der Waals surface area contributed by atoms with Gasteiger partial charge in [-0.3, -0.25) is 4.79 Å². The first-order valence-electron chi connectivity index (χ1n) is 5.17.